The first-order valence-corrected chi connectivity index (χ1v) is 14.1. The molecule has 5 nitrogen and oxygen atoms in total. The third-order valence-electron chi connectivity index (χ3n) is 7.58. The number of likely N-dealkylation sites (tertiary alicyclic amines) is 1. The Morgan fingerprint density at radius 1 is 1.30 bits per heavy atom. The number of hydrogen-bond donors (Lipinski definition) is 1. The lowest BCUT2D eigenvalue weighted by Gasteiger charge is -2.29. The molecule has 1 aliphatic heterocycles. The highest BCUT2D eigenvalue weighted by Gasteiger charge is 2.27. The van der Waals surface area contributed by atoms with Crippen LogP contribution < -0.4 is 0 Å². The van der Waals surface area contributed by atoms with Gasteiger partial charge in [-0.25, -0.2) is 4.39 Å². The molecule has 4 atom stereocenters. The average Bonchev–Trinajstić information content (AvgIpc) is 3.29. The molecule has 2 aliphatic rings. The number of ether oxygens (including phenoxy) is 2. The Balaban J connectivity index is 1.46. The van der Waals surface area contributed by atoms with E-state index in [-0.39, 0.29) is 24.5 Å². The molecule has 0 amide bonds. The van der Waals surface area contributed by atoms with Crippen molar-refractivity contribution < 1.29 is 23.8 Å². The zero-order valence-corrected chi connectivity index (χ0v) is 23.2. The monoisotopic (exact) mass is 515 g/mol. The quantitative estimate of drug-likeness (QED) is 0.246. The molecule has 0 aromatic heterocycles. The van der Waals surface area contributed by atoms with E-state index >= 15 is 0 Å². The second-order valence-corrected chi connectivity index (χ2v) is 10.8. The maximum absolute atomic E-state index is 14.0. The number of aliphatic hydroxyl groups excluding tert-OH is 1. The van der Waals surface area contributed by atoms with E-state index in [0.717, 1.165) is 57.1 Å². The van der Waals surface area contributed by atoms with E-state index in [1.807, 2.05) is 19.1 Å². The van der Waals surface area contributed by atoms with E-state index in [4.69, 9.17) is 9.47 Å². The third-order valence-corrected chi connectivity index (χ3v) is 7.58. The Morgan fingerprint density at radius 2 is 2.11 bits per heavy atom. The van der Waals surface area contributed by atoms with Gasteiger partial charge in [-0.05, 0) is 107 Å². The molecular formula is C31H46FNO4. The fraction of sp³-hybridized carbons (Fsp3) is 0.645. The predicted octanol–water partition coefficient (Wildman–Crippen LogP) is 5.92. The fourth-order valence-electron chi connectivity index (χ4n) is 5.46. The highest BCUT2D eigenvalue weighted by molar-refractivity contribution is 5.69. The van der Waals surface area contributed by atoms with Gasteiger partial charge in [0, 0.05) is 19.0 Å². The maximum atomic E-state index is 14.0. The van der Waals surface area contributed by atoms with Gasteiger partial charge in [0.25, 0.3) is 0 Å². The molecular weight excluding hydrogens is 469 g/mol. The standard InChI is InChI=1S/C31H46FNO4/c1-5-36-31(35)11-7-6-9-26-15-12-22(2)17-29(26)24(4)37-21-28(34)20-33-16-8-10-27(33)18-25-14-13-23(3)30(32)19-25/h13-15,17,19,22,24,27-28,34H,5-12,16,18,20-21H2,1-4H3/t22?,24-,27+,28?/m1/s1. The van der Waals surface area contributed by atoms with Crippen molar-refractivity contribution in [2.75, 3.05) is 26.3 Å². The molecule has 0 spiro atoms. The first-order chi connectivity index (χ1) is 17.8. The number of esters is 1. The van der Waals surface area contributed by atoms with Crippen molar-refractivity contribution in [1.82, 2.24) is 4.90 Å². The summed E-state index contributed by atoms with van der Waals surface area (Å²) in [5.41, 5.74) is 4.20. The van der Waals surface area contributed by atoms with Crippen LogP contribution in [0.15, 0.2) is 41.5 Å². The van der Waals surface area contributed by atoms with Crippen molar-refractivity contribution in [1.29, 1.82) is 0 Å². The van der Waals surface area contributed by atoms with Crippen LogP contribution in [0.2, 0.25) is 0 Å². The lowest BCUT2D eigenvalue weighted by molar-refractivity contribution is -0.143. The van der Waals surface area contributed by atoms with Gasteiger partial charge >= 0.3 is 5.97 Å². The van der Waals surface area contributed by atoms with E-state index < -0.39 is 6.10 Å². The van der Waals surface area contributed by atoms with Crippen LogP contribution in [-0.4, -0.2) is 60.5 Å². The van der Waals surface area contributed by atoms with E-state index in [2.05, 4.69) is 30.9 Å². The van der Waals surface area contributed by atoms with Crippen LogP contribution in [0.25, 0.3) is 0 Å². The van der Waals surface area contributed by atoms with Gasteiger partial charge < -0.3 is 14.6 Å². The number of unbranched alkanes of at least 4 members (excludes halogenated alkanes) is 1. The first kappa shape index (κ1) is 29.5. The smallest absolute Gasteiger partial charge is 0.305 e. The van der Waals surface area contributed by atoms with Gasteiger partial charge in [-0.3, -0.25) is 9.69 Å². The predicted molar refractivity (Wildman–Crippen MR) is 146 cm³/mol. The van der Waals surface area contributed by atoms with Gasteiger partial charge in [-0.15, -0.1) is 0 Å². The van der Waals surface area contributed by atoms with Crippen LogP contribution in [0.5, 0.6) is 0 Å². The minimum atomic E-state index is -0.573. The Bertz CT molecular complexity index is 943. The van der Waals surface area contributed by atoms with Crippen LogP contribution in [0.4, 0.5) is 4.39 Å². The van der Waals surface area contributed by atoms with Crippen LogP contribution >= 0.6 is 0 Å². The number of allylic oxidation sites excluding steroid dienone is 2. The molecule has 1 aliphatic carbocycles. The first-order valence-electron chi connectivity index (χ1n) is 14.1. The van der Waals surface area contributed by atoms with Gasteiger partial charge in [0.1, 0.15) is 5.82 Å². The Kier molecular flexibility index (Phi) is 11.8. The van der Waals surface area contributed by atoms with Gasteiger partial charge in [0.15, 0.2) is 0 Å². The topological polar surface area (TPSA) is 59.0 Å². The summed E-state index contributed by atoms with van der Waals surface area (Å²) in [5, 5.41) is 10.8. The molecule has 1 N–H and O–H groups in total. The number of halogens is 1. The number of carbonyl (C=O) groups excluding carboxylic acids is 1. The molecule has 37 heavy (non-hydrogen) atoms. The zero-order valence-electron chi connectivity index (χ0n) is 23.2. The molecule has 0 radical (unpaired) electrons. The van der Waals surface area contributed by atoms with Crippen molar-refractivity contribution in [2.45, 2.75) is 97.3 Å². The van der Waals surface area contributed by atoms with Crippen LogP contribution in [0.3, 0.4) is 0 Å². The minimum Gasteiger partial charge on any atom is -0.466 e. The summed E-state index contributed by atoms with van der Waals surface area (Å²) in [6.45, 7) is 10.1. The molecule has 1 saturated heterocycles. The molecule has 1 aromatic carbocycles. The van der Waals surface area contributed by atoms with Crippen molar-refractivity contribution in [2.24, 2.45) is 5.92 Å². The summed E-state index contributed by atoms with van der Waals surface area (Å²) in [6, 6.07) is 5.82. The molecule has 1 heterocycles. The molecule has 3 rings (SSSR count). The molecule has 206 valence electrons. The normalized spacial score (nSPS) is 21.9. The van der Waals surface area contributed by atoms with Gasteiger partial charge in [-0.1, -0.05) is 31.2 Å². The average molecular weight is 516 g/mol. The lowest BCUT2D eigenvalue weighted by Crippen LogP contribution is -2.39. The van der Waals surface area contributed by atoms with E-state index in [0.29, 0.717) is 37.1 Å². The molecule has 1 aromatic rings. The summed E-state index contributed by atoms with van der Waals surface area (Å²) in [5.74, 6) is 0.191. The van der Waals surface area contributed by atoms with Crippen molar-refractivity contribution in [3.05, 3.63) is 58.4 Å². The lowest BCUT2D eigenvalue weighted by atomic mass is 9.86. The van der Waals surface area contributed by atoms with Crippen LogP contribution in [0, 0.1) is 18.7 Å². The van der Waals surface area contributed by atoms with E-state index in [1.54, 1.807) is 13.0 Å². The Morgan fingerprint density at radius 3 is 2.86 bits per heavy atom. The fourth-order valence-corrected chi connectivity index (χ4v) is 5.46. The summed E-state index contributed by atoms with van der Waals surface area (Å²) >= 11 is 0. The molecule has 2 unspecified atom stereocenters. The minimum absolute atomic E-state index is 0.0985. The SMILES string of the molecule is CCOC(=O)CCCCC1=CCC(C)C=C1[C@@H](C)OCC(O)CN1CCC[C@H]1Cc1ccc(C)c(F)c1. The summed E-state index contributed by atoms with van der Waals surface area (Å²) in [4.78, 5) is 13.9. The number of aliphatic hydroxyl groups is 1. The van der Waals surface area contributed by atoms with E-state index in [9.17, 15) is 14.3 Å². The number of benzene rings is 1. The van der Waals surface area contributed by atoms with Gasteiger partial charge in [0.2, 0.25) is 0 Å². The number of nitrogens with zero attached hydrogens (tertiary/aromatic N) is 1. The largest absolute Gasteiger partial charge is 0.466 e. The highest BCUT2D eigenvalue weighted by Crippen LogP contribution is 2.30. The number of hydrogen-bond acceptors (Lipinski definition) is 5. The Labute approximate surface area is 222 Å². The molecule has 0 saturated carbocycles. The van der Waals surface area contributed by atoms with Crippen LogP contribution in [-0.2, 0) is 20.7 Å². The molecule has 0 bridgehead atoms. The highest BCUT2D eigenvalue weighted by atomic mass is 19.1. The number of carbonyl (C=O) groups is 1. The van der Waals surface area contributed by atoms with Crippen molar-refractivity contribution in [3.8, 4) is 0 Å². The maximum Gasteiger partial charge on any atom is 0.305 e. The summed E-state index contributed by atoms with van der Waals surface area (Å²) in [6.07, 6.45) is 11.1. The summed E-state index contributed by atoms with van der Waals surface area (Å²) < 4.78 is 25.2. The molecule has 1 fully saturated rings. The van der Waals surface area contributed by atoms with Gasteiger partial charge in [0.05, 0.1) is 25.4 Å². The third kappa shape index (κ3) is 9.35. The van der Waals surface area contributed by atoms with Crippen molar-refractivity contribution in [3.63, 3.8) is 0 Å². The summed E-state index contributed by atoms with van der Waals surface area (Å²) in [7, 11) is 0. The van der Waals surface area contributed by atoms with Crippen molar-refractivity contribution >= 4 is 5.97 Å². The number of aryl methyl sites for hydroxylation is 1. The zero-order chi connectivity index (χ0) is 26.8. The van der Waals surface area contributed by atoms with E-state index in [1.165, 1.54) is 11.1 Å². The van der Waals surface area contributed by atoms with Gasteiger partial charge in [-0.2, -0.15) is 0 Å². The van der Waals surface area contributed by atoms with Crippen LogP contribution in [0.1, 0.15) is 76.8 Å². The number of β-amino-alcohol motifs (C(OH)–C–C–N with tert-alkyl or cyclic N) is 1. The Hall–Kier alpha value is -2.02. The molecule has 6 heteroatoms. The number of rotatable bonds is 14. The second kappa shape index (κ2) is 14.8. The second-order valence-electron chi connectivity index (χ2n) is 10.8.